The van der Waals surface area contributed by atoms with Gasteiger partial charge in [0.25, 0.3) is 5.91 Å². The van der Waals surface area contributed by atoms with E-state index in [0.717, 1.165) is 36.8 Å². The van der Waals surface area contributed by atoms with Crippen LogP contribution in [0.2, 0.25) is 0 Å². The van der Waals surface area contributed by atoms with Crippen molar-refractivity contribution in [1.82, 2.24) is 4.90 Å². The molecule has 1 saturated carbocycles. The topological polar surface area (TPSA) is 46.6 Å². The average Bonchev–Trinajstić information content (AvgIpc) is 3.30. The van der Waals surface area contributed by atoms with E-state index in [9.17, 15) is 9.59 Å². The maximum Gasteiger partial charge on any atom is 0.255 e. The Balaban J connectivity index is 1.69. The SMILES string of the molecule is CC(C(=O)N1C(=O)COC[C@H]1Cc1ccccc1)(c1ccccc1)C1CCCC1. The Morgan fingerprint density at radius 3 is 2.31 bits per heavy atom. The number of carbonyl (C=O) groups is 2. The van der Waals surface area contributed by atoms with E-state index >= 15 is 0 Å². The van der Waals surface area contributed by atoms with Gasteiger partial charge < -0.3 is 4.74 Å². The second-order valence-electron chi connectivity index (χ2n) is 8.48. The normalized spacial score (nSPS) is 22.4. The first-order valence-corrected chi connectivity index (χ1v) is 10.6. The highest BCUT2D eigenvalue weighted by atomic mass is 16.5. The van der Waals surface area contributed by atoms with Gasteiger partial charge in [0.05, 0.1) is 18.1 Å². The van der Waals surface area contributed by atoms with Gasteiger partial charge in [-0.2, -0.15) is 0 Å². The molecule has 2 aromatic rings. The molecule has 1 saturated heterocycles. The van der Waals surface area contributed by atoms with E-state index in [1.54, 1.807) is 0 Å². The van der Waals surface area contributed by atoms with Crippen molar-refractivity contribution in [2.75, 3.05) is 13.2 Å². The number of hydrogen-bond acceptors (Lipinski definition) is 3. The van der Waals surface area contributed by atoms with Crippen molar-refractivity contribution >= 4 is 11.8 Å². The summed E-state index contributed by atoms with van der Waals surface area (Å²) in [6.45, 7) is 2.41. The van der Waals surface area contributed by atoms with E-state index in [4.69, 9.17) is 4.74 Å². The van der Waals surface area contributed by atoms with E-state index in [1.807, 2.05) is 67.6 Å². The van der Waals surface area contributed by atoms with E-state index in [1.165, 1.54) is 4.90 Å². The van der Waals surface area contributed by atoms with Gasteiger partial charge in [0.1, 0.15) is 6.61 Å². The maximum atomic E-state index is 14.1. The Kier molecular flexibility index (Phi) is 5.81. The molecule has 4 nitrogen and oxygen atoms in total. The van der Waals surface area contributed by atoms with Crippen molar-refractivity contribution in [3.05, 3.63) is 71.8 Å². The fourth-order valence-corrected chi connectivity index (χ4v) is 5.02. The fraction of sp³-hybridized carbons (Fsp3) is 0.440. The lowest BCUT2D eigenvalue weighted by Crippen LogP contribution is -2.59. The summed E-state index contributed by atoms with van der Waals surface area (Å²) in [5, 5.41) is 0. The highest BCUT2D eigenvalue weighted by molar-refractivity contribution is 6.02. The first-order valence-electron chi connectivity index (χ1n) is 10.6. The van der Waals surface area contributed by atoms with Gasteiger partial charge >= 0.3 is 0 Å². The smallest absolute Gasteiger partial charge is 0.255 e. The zero-order valence-electron chi connectivity index (χ0n) is 17.0. The second kappa shape index (κ2) is 8.50. The number of morpholine rings is 1. The predicted octanol–water partition coefficient (Wildman–Crippen LogP) is 4.13. The summed E-state index contributed by atoms with van der Waals surface area (Å²) in [4.78, 5) is 28.5. The van der Waals surface area contributed by atoms with Gasteiger partial charge in [0.15, 0.2) is 0 Å². The zero-order valence-corrected chi connectivity index (χ0v) is 17.0. The van der Waals surface area contributed by atoms with Crippen molar-refractivity contribution in [2.24, 2.45) is 5.92 Å². The van der Waals surface area contributed by atoms with Gasteiger partial charge in [-0.05, 0) is 43.2 Å². The van der Waals surface area contributed by atoms with Crippen molar-refractivity contribution in [1.29, 1.82) is 0 Å². The van der Waals surface area contributed by atoms with Gasteiger partial charge in [-0.15, -0.1) is 0 Å². The van der Waals surface area contributed by atoms with Crippen LogP contribution in [0.4, 0.5) is 0 Å². The molecule has 152 valence electrons. The van der Waals surface area contributed by atoms with Gasteiger partial charge in [0.2, 0.25) is 5.91 Å². The number of amides is 2. The fourth-order valence-electron chi connectivity index (χ4n) is 5.02. The molecule has 0 aromatic heterocycles. The molecule has 29 heavy (non-hydrogen) atoms. The van der Waals surface area contributed by atoms with Gasteiger partial charge in [-0.3, -0.25) is 14.5 Å². The molecule has 1 aliphatic carbocycles. The van der Waals surface area contributed by atoms with Crippen LogP contribution in [0.15, 0.2) is 60.7 Å². The lowest BCUT2D eigenvalue weighted by Gasteiger charge is -2.43. The molecule has 0 spiro atoms. The largest absolute Gasteiger partial charge is 0.369 e. The quantitative estimate of drug-likeness (QED) is 0.770. The Hall–Kier alpha value is -2.46. The lowest BCUT2D eigenvalue weighted by molar-refractivity contribution is -0.163. The summed E-state index contributed by atoms with van der Waals surface area (Å²) in [7, 11) is 0. The standard InChI is InChI=1S/C25H29NO3/c1-25(21-14-8-9-15-21,20-12-6-3-7-13-20)24(28)26-22(17-29-18-23(26)27)16-19-10-4-2-5-11-19/h2-7,10-13,21-22H,8-9,14-18H2,1H3/t22-,25?/m1/s1. The molecule has 4 rings (SSSR count). The van der Waals surface area contributed by atoms with Crippen molar-refractivity contribution in [3.63, 3.8) is 0 Å². The predicted molar refractivity (Wildman–Crippen MR) is 112 cm³/mol. The number of benzene rings is 2. The lowest BCUT2D eigenvalue weighted by atomic mass is 9.69. The number of rotatable bonds is 5. The molecule has 2 atom stereocenters. The third kappa shape index (κ3) is 3.86. The minimum Gasteiger partial charge on any atom is -0.369 e. The van der Waals surface area contributed by atoms with Crippen LogP contribution < -0.4 is 0 Å². The highest BCUT2D eigenvalue weighted by Gasteiger charge is 2.49. The van der Waals surface area contributed by atoms with Crippen LogP contribution in [-0.4, -0.2) is 36.0 Å². The van der Waals surface area contributed by atoms with Crippen LogP contribution in [0.3, 0.4) is 0 Å². The molecule has 2 aromatic carbocycles. The Labute approximate surface area is 172 Å². The van der Waals surface area contributed by atoms with E-state index in [-0.39, 0.29) is 30.4 Å². The maximum absolute atomic E-state index is 14.1. The number of carbonyl (C=O) groups excluding carboxylic acids is 2. The molecule has 1 aliphatic heterocycles. The molecular formula is C25H29NO3. The summed E-state index contributed by atoms with van der Waals surface area (Å²) in [5.41, 5.74) is 1.42. The molecule has 1 unspecified atom stereocenters. The average molecular weight is 392 g/mol. The third-order valence-corrected chi connectivity index (χ3v) is 6.69. The highest BCUT2D eigenvalue weighted by Crippen LogP contribution is 2.44. The van der Waals surface area contributed by atoms with Crippen molar-refractivity contribution < 1.29 is 14.3 Å². The summed E-state index contributed by atoms with van der Waals surface area (Å²) in [6.07, 6.45) is 4.96. The molecular weight excluding hydrogens is 362 g/mol. The number of imide groups is 1. The minimum absolute atomic E-state index is 0.0213. The molecule has 1 heterocycles. The van der Waals surface area contributed by atoms with E-state index in [2.05, 4.69) is 0 Å². The molecule has 0 N–H and O–H groups in total. The molecule has 4 heteroatoms. The van der Waals surface area contributed by atoms with Crippen LogP contribution in [0, 0.1) is 5.92 Å². The van der Waals surface area contributed by atoms with E-state index in [0.29, 0.717) is 13.0 Å². The second-order valence-corrected chi connectivity index (χ2v) is 8.48. The van der Waals surface area contributed by atoms with Crippen LogP contribution in [0.5, 0.6) is 0 Å². The van der Waals surface area contributed by atoms with Gasteiger partial charge in [0, 0.05) is 0 Å². The van der Waals surface area contributed by atoms with Crippen molar-refractivity contribution in [2.45, 2.75) is 50.5 Å². The summed E-state index contributed by atoms with van der Waals surface area (Å²) in [6, 6.07) is 19.8. The Morgan fingerprint density at radius 1 is 1.03 bits per heavy atom. The number of ether oxygens (including phenoxy) is 1. The van der Waals surface area contributed by atoms with E-state index < -0.39 is 5.41 Å². The number of hydrogen-bond donors (Lipinski definition) is 0. The zero-order chi connectivity index (χ0) is 20.3. The molecule has 2 aliphatic rings. The van der Waals surface area contributed by atoms with Gasteiger partial charge in [-0.1, -0.05) is 73.5 Å². The summed E-state index contributed by atoms with van der Waals surface area (Å²) < 4.78 is 5.55. The van der Waals surface area contributed by atoms with Crippen LogP contribution >= 0.6 is 0 Å². The molecule has 0 radical (unpaired) electrons. The van der Waals surface area contributed by atoms with Crippen LogP contribution in [0.25, 0.3) is 0 Å². The van der Waals surface area contributed by atoms with Crippen molar-refractivity contribution in [3.8, 4) is 0 Å². The molecule has 0 bridgehead atoms. The Bertz CT molecular complexity index is 845. The van der Waals surface area contributed by atoms with Gasteiger partial charge in [-0.25, -0.2) is 0 Å². The first kappa shape index (κ1) is 19.8. The monoisotopic (exact) mass is 391 g/mol. The minimum atomic E-state index is -0.695. The summed E-state index contributed by atoms with van der Waals surface area (Å²) in [5.74, 6) is -0.0300. The molecule has 2 amide bonds. The third-order valence-electron chi connectivity index (χ3n) is 6.69. The van der Waals surface area contributed by atoms with Crippen LogP contribution in [0.1, 0.15) is 43.7 Å². The molecule has 2 fully saturated rings. The number of nitrogens with zero attached hydrogens (tertiary/aromatic N) is 1. The first-order chi connectivity index (χ1) is 14.1. The summed E-state index contributed by atoms with van der Waals surface area (Å²) >= 11 is 0. The van der Waals surface area contributed by atoms with Crippen LogP contribution in [-0.2, 0) is 26.2 Å². The Morgan fingerprint density at radius 2 is 1.66 bits per heavy atom.